The van der Waals surface area contributed by atoms with Crippen LogP contribution in [0.1, 0.15) is 13.3 Å². The number of anilines is 1. The van der Waals surface area contributed by atoms with Gasteiger partial charge in [-0.25, -0.2) is 9.37 Å². The Labute approximate surface area is 80.8 Å². The van der Waals surface area contributed by atoms with Crippen molar-refractivity contribution in [2.24, 2.45) is 0 Å². The molecule has 14 heavy (non-hydrogen) atoms. The Kier molecular flexibility index (Phi) is 3.39. The van der Waals surface area contributed by atoms with E-state index in [1.54, 1.807) is 6.92 Å². The first-order valence-electron chi connectivity index (χ1n) is 4.18. The van der Waals surface area contributed by atoms with E-state index < -0.39 is 11.8 Å². The van der Waals surface area contributed by atoms with Gasteiger partial charge in [-0.05, 0) is 19.1 Å². The molecular formula is C9H11FN2O2. The Hall–Kier alpha value is -1.65. The van der Waals surface area contributed by atoms with E-state index in [4.69, 9.17) is 5.11 Å². The second-order valence-corrected chi connectivity index (χ2v) is 3.00. The summed E-state index contributed by atoms with van der Waals surface area (Å²) in [5, 5.41) is 11.3. The van der Waals surface area contributed by atoms with Gasteiger partial charge in [-0.2, -0.15) is 0 Å². The zero-order valence-corrected chi connectivity index (χ0v) is 7.70. The molecule has 4 nitrogen and oxygen atoms in total. The second-order valence-electron chi connectivity index (χ2n) is 3.00. The largest absolute Gasteiger partial charge is 0.481 e. The van der Waals surface area contributed by atoms with Crippen LogP contribution < -0.4 is 5.32 Å². The highest BCUT2D eigenvalue weighted by Crippen LogP contribution is 2.06. The predicted molar refractivity (Wildman–Crippen MR) is 49.5 cm³/mol. The van der Waals surface area contributed by atoms with Crippen molar-refractivity contribution in [1.82, 2.24) is 4.98 Å². The average Bonchev–Trinajstić information content (AvgIpc) is 2.07. The standard InChI is InChI=1S/C9H11FN2O2/c1-6(4-9(13)14)12-8-3-2-7(10)5-11-8/h2-3,5-6H,4H2,1H3,(H,11,12)(H,13,14). The fourth-order valence-electron chi connectivity index (χ4n) is 1.03. The van der Waals surface area contributed by atoms with Gasteiger partial charge in [0.2, 0.25) is 0 Å². The van der Waals surface area contributed by atoms with E-state index in [9.17, 15) is 9.18 Å². The molecule has 0 aliphatic rings. The molecule has 76 valence electrons. The Morgan fingerprint density at radius 3 is 2.93 bits per heavy atom. The normalized spacial score (nSPS) is 12.1. The van der Waals surface area contributed by atoms with Crippen molar-refractivity contribution < 1.29 is 14.3 Å². The number of pyridine rings is 1. The van der Waals surface area contributed by atoms with Crippen LogP contribution in [0.5, 0.6) is 0 Å². The van der Waals surface area contributed by atoms with Crippen molar-refractivity contribution in [3.8, 4) is 0 Å². The van der Waals surface area contributed by atoms with E-state index in [1.165, 1.54) is 12.1 Å². The number of nitrogens with one attached hydrogen (secondary N) is 1. The minimum Gasteiger partial charge on any atom is -0.481 e. The van der Waals surface area contributed by atoms with E-state index in [1.807, 2.05) is 0 Å². The topological polar surface area (TPSA) is 62.2 Å². The Balaban J connectivity index is 2.51. The molecule has 1 atom stereocenters. The molecule has 1 aromatic heterocycles. The van der Waals surface area contributed by atoms with Gasteiger partial charge in [0.15, 0.2) is 0 Å². The molecule has 0 spiro atoms. The predicted octanol–water partition coefficient (Wildman–Crippen LogP) is 1.50. The zero-order chi connectivity index (χ0) is 10.6. The van der Waals surface area contributed by atoms with E-state index >= 15 is 0 Å². The van der Waals surface area contributed by atoms with Gasteiger partial charge in [-0.3, -0.25) is 4.79 Å². The van der Waals surface area contributed by atoms with Crippen molar-refractivity contribution in [2.45, 2.75) is 19.4 Å². The molecule has 0 radical (unpaired) electrons. The SMILES string of the molecule is CC(CC(=O)O)Nc1ccc(F)cn1. The molecule has 1 unspecified atom stereocenters. The monoisotopic (exact) mass is 198 g/mol. The number of carboxylic acid groups (broad SMARTS) is 1. The lowest BCUT2D eigenvalue weighted by atomic mass is 10.2. The number of nitrogens with zero attached hydrogens (tertiary/aromatic N) is 1. The van der Waals surface area contributed by atoms with E-state index in [2.05, 4.69) is 10.3 Å². The van der Waals surface area contributed by atoms with Crippen LogP contribution in [0.3, 0.4) is 0 Å². The molecule has 1 rings (SSSR count). The first-order chi connectivity index (χ1) is 6.58. The number of hydrogen-bond acceptors (Lipinski definition) is 3. The highest BCUT2D eigenvalue weighted by molar-refractivity contribution is 5.68. The number of halogens is 1. The lowest BCUT2D eigenvalue weighted by Gasteiger charge is -2.11. The fourth-order valence-corrected chi connectivity index (χ4v) is 1.03. The van der Waals surface area contributed by atoms with Gasteiger partial charge in [-0.1, -0.05) is 0 Å². The highest BCUT2D eigenvalue weighted by atomic mass is 19.1. The molecule has 0 fully saturated rings. The molecule has 0 aromatic carbocycles. The maximum absolute atomic E-state index is 12.4. The summed E-state index contributed by atoms with van der Waals surface area (Å²) in [7, 11) is 0. The van der Waals surface area contributed by atoms with Gasteiger partial charge in [-0.15, -0.1) is 0 Å². The molecule has 2 N–H and O–H groups in total. The Bertz CT molecular complexity index is 313. The number of aliphatic carboxylic acids is 1. The third kappa shape index (κ3) is 3.38. The molecule has 0 saturated carbocycles. The highest BCUT2D eigenvalue weighted by Gasteiger charge is 2.07. The van der Waals surface area contributed by atoms with Crippen molar-refractivity contribution in [3.63, 3.8) is 0 Å². The Morgan fingerprint density at radius 1 is 1.71 bits per heavy atom. The summed E-state index contributed by atoms with van der Waals surface area (Å²) in [5.41, 5.74) is 0. The van der Waals surface area contributed by atoms with E-state index in [-0.39, 0.29) is 12.5 Å². The lowest BCUT2D eigenvalue weighted by molar-refractivity contribution is -0.137. The number of rotatable bonds is 4. The van der Waals surface area contributed by atoms with Crippen LogP contribution >= 0.6 is 0 Å². The maximum atomic E-state index is 12.4. The van der Waals surface area contributed by atoms with Crippen LogP contribution in [0.2, 0.25) is 0 Å². The smallest absolute Gasteiger partial charge is 0.305 e. The Morgan fingerprint density at radius 2 is 2.43 bits per heavy atom. The van der Waals surface area contributed by atoms with E-state index in [0.29, 0.717) is 5.82 Å². The molecule has 0 aliphatic carbocycles. The quantitative estimate of drug-likeness (QED) is 0.769. The van der Waals surface area contributed by atoms with Crippen LogP contribution in [0, 0.1) is 5.82 Å². The maximum Gasteiger partial charge on any atom is 0.305 e. The number of hydrogen-bond donors (Lipinski definition) is 2. The summed E-state index contributed by atoms with van der Waals surface area (Å²) in [6, 6.07) is 2.50. The van der Waals surface area contributed by atoms with Gasteiger partial charge >= 0.3 is 5.97 Å². The summed E-state index contributed by atoms with van der Waals surface area (Å²) in [4.78, 5) is 14.1. The fraction of sp³-hybridized carbons (Fsp3) is 0.333. The van der Waals surface area contributed by atoms with Crippen LogP contribution in [0.25, 0.3) is 0 Å². The zero-order valence-electron chi connectivity index (χ0n) is 7.70. The van der Waals surface area contributed by atoms with Gasteiger partial charge in [0.05, 0.1) is 12.6 Å². The second kappa shape index (κ2) is 4.55. The lowest BCUT2D eigenvalue weighted by Crippen LogP contribution is -2.19. The van der Waals surface area contributed by atoms with Crippen LogP contribution in [0.4, 0.5) is 10.2 Å². The summed E-state index contributed by atoms with van der Waals surface area (Å²) in [5.74, 6) is -0.825. The van der Waals surface area contributed by atoms with Crippen LogP contribution in [0.15, 0.2) is 18.3 Å². The summed E-state index contributed by atoms with van der Waals surface area (Å²) in [6.07, 6.45) is 1.08. The minimum absolute atomic E-state index is 0.000936. The van der Waals surface area contributed by atoms with Gasteiger partial charge < -0.3 is 10.4 Å². The van der Waals surface area contributed by atoms with Gasteiger partial charge in [0.25, 0.3) is 0 Å². The molecule has 0 bridgehead atoms. The first-order valence-corrected chi connectivity index (χ1v) is 4.18. The summed E-state index contributed by atoms with van der Waals surface area (Å²) >= 11 is 0. The summed E-state index contributed by atoms with van der Waals surface area (Å²) in [6.45, 7) is 1.72. The van der Waals surface area contributed by atoms with Crippen molar-refractivity contribution in [2.75, 3.05) is 5.32 Å². The molecule has 5 heteroatoms. The van der Waals surface area contributed by atoms with Crippen LogP contribution in [-0.2, 0) is 4.79 Å². The number of aromatic nitrogens is 1. The first kappa shape index (κ1) is 10.4. The number of carbonyl (C=O) groups is 1. The van der Waals surface area contributed by atoms with Gasteiger partial charge in [0.1, 0.15) is 11.6 Å². The number of carboxylic acids is 1. The third-order valence-corrected chi connectivity index (χ3v) is 1.60. The van der Waals surface area contributed by atoms with Crippen molar-refractivity contribution >= 4 is 11.8 Å². The minimum atomic E-state index is -0.882. The van der Waals surface area contributed by atoms with E-state index in [0.717, 1.165) is 6.20 Å². The molecule has 0 saturated heterocycles. The van der Waals surface area contributed by atoms with Crippen molar-refractivity contribution in [1.29, 1.82) is 0 Å². The molecule has 0 aliphatic heterocycles. The van der Waals surface area contributed by atoms with Crippen LogP contribution in [-0.4, -0.2) is 22.1 Å². The van der Waals surface area contributed by atoms with Gasteiger partial charge in [0, 0.05) is 6.04 Å². The molecule has 1 heterocycles. The molecule has 0 amide bonds. The third-order valence-electron chi connectivity index (χ3n) is 1.60. The van der Waals surface area contributed by atoms with Crippen molar-refractivity contribution in [3.05, 3.63) is 24.1 Å². The molecular weight excluding hydrogens is 187 g/mol. The molecule has 1 aromatic rings. The summed E-state index contributed by atoms with van der Waals surface area (Å²) < 4.78 is 12.4. The average molecular weight is 198 g/mol.